The van der Waals surface area contributed by atoms with Crippen molar-refractivity contribution in [1.82, 2.24) is 19.8 Å². The lowest BCUT2D eigenvalue weighted by Crippen LogP contribution is -2.56. The zero-order valence-electron chi connectivity index (χ0n) is 20.8. The van der Waals surface area contributed by atoms with Gasteiger partial charge >= 0.3 is 12.1 Å². The van der Waals surface area contributed by atoms with Gasteiger partial charge < -0.3 is 24.2 Å². The SMILES string of the molecule is CN1CCC[C@H]1COc1nc(N2CCN(C(=O)OC(C)(C)C)C(CC#N)C2)c2ccc(Br)cc2n1. The lowest BCUT2D eigenvalue weighted by atomic mass is 10.1. The molecule has 4 rings (SSSR count). The summed E-state index contributed by atoms with van der Waals surface area (Å²) in [4.78, 5) is 28.4. The minimum Gasteiger partial charge on any atom is -0.462 e. The van der Waals surface area contributed by atoms with Crippen LogP contribution in [-0.2, 0) is 4.74 Å². The highest BCUT2D eigenvalue weighted by molar-refractivity contribution is 9.10. The molecule has 1 aromatic carbocycles. The van der Waals surface area contributed by atoms with E-state index in [1.54, 1.807) is 4.90 Å². The molecule has 1 unspecified atom stereocenters. The number of nitrogens with zero attached hydrogens (tertiary/aromatic N) is 6. The molecule has 188 valence electrons. The van der Waals surface area contributed by atoms with Gasteiger partial charge in [-0.25, -0.2) is 4.79 Å². The molecule has 0 N–H and O–H groups in total. The Bertz CT molecular complexity index is 1110. The number of hydrogen-bond acceptors (Lipinski definition) is 8. The number of aromatic nitrogens is 2. The standard InChI is InChI=1S/C25H33BrN6O3/c1-25(2,3)35-24(33)32-13-12-31(15-18(32)9-10-27)22-20-8-7-17(26)14-21(20)28-23(29-22)34-16-19-6-5-11-30(19)4/h7-8,14,18-19H,5-6,9,11-13,15-16H2,1-4H3/t18?,19-/m0/s1. The van der Waals surface area contributed by atoms with Gasteiger partial charge in [-0.1, -0.05) is 15.9 Å². The van der Waals surface area contributed by atoms with Crippen LogP contribution in [0.2, 0.25) is 0 Å². The van der Waals surface area contributed by atoms with Gasteiger partial charge in [0.15, 0.2) is 0 Å². The number of piperazine rings is 1. The third kappa shape index (κ3) is 6.14. The maximum Gasteiger partial charge on any atom is 0.410 e. The zero-order chi connectivity index (χ0) is 25.2. The number of rotatable bonds is 5. The van der Waals surface area contributed by atoms with Crippen LogP contribution in [0.4, 0.5) is 10.6 Å². The van der Waals surface area contributed by atoms with E-state index >= 15 is 0 Å². The first-order valence-electron chi connectivity index (χ1n) is 12.1. The van der Waals surface area contributed by atoms with E-state index in [-0.39, 0.29) is 12.5 Å². The van der Waals surface area contributed by atoms with Crippen LogP contribution in [0.25, 0.3) is 10.9 Å². The largest absolute Gasteiger partial charge is 0.462 e. The first-order valence-corrected chi connectivity index (χ1v) is 12.9. The maximum atomic E-state index is 12.8. The summed E-state index contributed by atoms with van der Waals surface area (Å²) in [7, 11) is 2.12. The van der Waals surface area contributed by atoms with Crippen LogP contribution >= 0.6 is 15.9 Å². The molecular formula is C25H33BrN6O3. The van der Waals surface area contributed by atoms with E-state index in [9.17, 15) is 10.1 Å². The van der Waals surface area contributed by atoms with E-state index in [0.717, 1.165) is 34.2 Å². The summed E-state index contributed by atoms with van der Waals surface area (Å²) in [6, 6.07) is 8.53. The average molecular weight is 545 g/mol. The first-order chi connectivity index (χ1) is 16.6. The summed E-state index contributed by atoms with van der Waals surface area (Å²) in [5, 5.41) is 10.3. The fourth-order valence-electron chi connectivity index (χ4n) is 4.62. The first kappa shape index (κ1) is 25.5. The van der Waals surface area contributed by atoms with Crippen LogP contribution in [0.15, 0.2) is 22.7 Å². The predicted molar refractivity (Wildman–Crippen MR) is 138 cm³/mol. The molecule has 2 aliphatic rings. The molecule has 0 radical (unpaired) electrons. The van der Waals surface area contributed by atoms with E-state index in [0.29, 0.717) is 38.3 Å². The molecule has 10 heteroatoms. The van der Waals surface area contributed by atoms with Crippen molar-refractivity contribution in [2.75, 3.05) is 44.7 Å². The third-order valence-corrected chi connectivity index (χ3v) is 6.93. The Hall–Kier alpha value is -2.64. The van der Waals surface area contributed by atoms with Crippen molar-refractivity contribution >= 4 is 38.7 Å². The summed E-state index contributed by atoms with van der Waals surface area (Å²) >= 11 is 3.54. The topological polar surface area (TPSA) is 94.8 Å². The van der Waals surface area contributed by atoms with Crippen molar-refractivity contribution in [3.63, 3.8) is 0 Å². The van der Waals surface area contributed by atoms with Gasteiger partial charge in [0.25, 0.3) is 0 Å². The number of amides is 1. The lowest BCUT2D eigenvalue weighted by Gasteiger charge is -2.41. The maximum absolute atomic E-state index is 12.8. The quantitative estimate of drug-likeness (QED) is 0.552. The number of ether oxygens (including phenoxy) is 2. The molecule has 35 heavy (non-hydrogen) atoms. The minimum atomic E-state index is -0.596. The van der Waals surface area contributed by atoms with Crippen LogP contribution in [-0.4, -0.2) is 83.4 Å². The van der Waals surface area contributed by atoms with Crippen molar-refractivity contribution in [1.29, 1.82) is 5.26 Å². The highest BCUT2D eigenvalue weighted by Gasteiger charge is 2.34. The van der Waals surface area contributed by atoms with E-state index in [2.05, 4.69) is 43.8 Å². The summed E-state index contributed by atoms with van der Waals surface area (Å²) in [6.45, 7) is 8.62. The summed E-state index contributed by atoms with van der Waals surface area (Å²) in [5.74, 6) is 0.754. The van der Waals surface area contributed by atoms with Gasteiger partial charge in [0.2, 0.25) is 0 Å². The normalized spacial score (nSPS) is 21.3. The minimum absolute atomic E-state index is 0.210. The Kier molecular flexibility index (Phi) is 7.67. The van der Waals surface area contributed by atoms with Crippen LogP contribution in [0.5, 0.6) is 6.01 Å². The molecule has 0 saturated carbocycles. The molecular weight excluding hydrogens is 512 g/mol. The monoisotopic (exact) mass is 544 g/mol. The van der Waals surface area contributed by atoms with Gasteiger partial charge in [-0.3, -0.25) is 0 Å². The summed E-state index contributed by atoms with van der Waals surface area (Å²) < 4.78 is 12.6. The molecule has 2 aromatic rings. The number of benzene rings is 1. The molecule has 2 fully saturated rings. The van der Waals surface area contributed by atoms with Crippen molar-refractivity contribution in [3.8, 4) is 12.1 Å². The van der Waals surface area contributed by atoms with E-state index in [1.165, 1.54) is 6.42 Å². The van der Waals surface area contributed by atoms with Crippen LogP contribution in [0, 0.1) is 11.3 Å². The number of carbonyl (C=O) groups excluding carboxylic acids is 1. The molecule has 1 amide bonds. The Morgan fingerprint density at radius 3 is 2.71 bits per heavy atom. The molecule has 0 bridgehead atoms. The van der Waals surface area contributed by atoms with Crippen LogP contribution < -0.4 is 9.64 Å². The number of fused-ring (bicyclic) bond motifs is 1. The van der Waals surface area contributed by atoms with Crippen molar-refractivity contribution in [2.45, 2.75) is 57.7 Å². The van der Waals surface area contributed by atoms with Crippen molar-refractivity contribution in [2.24, 2.45) is 0 Å². The van der Waals surface area contributed by atoms with Crippen LogP contribution in [0.3, 0.4) is 0 Å². The fraction of sp³-hybridized carbons (Fsp3) is 0.600. The smallest absolute Gasteiger partial charge is 0.410 e. The molecule has 2 aliphatic heterocycles. The predicted octanol–water partition coefficient (Wildman–Crippen LogP) is 4.20. The Labute approximate surface area is 215 Å². The van der Waals surface area contributed by atoms with Gasteiger partial charge in [0, 0.05) is 35.5 Å². The molecule has 0 spiro atoms. The van der Waals surface area contributed by atoms with Gasteiger partial charge in [-0.2, -0.15) is 15.2 Å². The number of likely N-dealkylation sites (tertiary alicyclic amines) is 1. The summed E-state index contributed by atoms with van der Waals surface area (Å²) in [5.41, 5.74) is 0.187. The van der Waals surface area contributed by atoms with E-state index < -0.39 is 11.7 Å². The Morgan fingerprint density at radius 1 is 1.23 bits per heavy atom. The highest BCUT2D eigenvalue weighted by Crippen LogP contribution is 2.31. The molecule has 9 nitrogen and oxygen atoms in total. The van der Waals surface area contributed by atoms with Crippen molar-refractivity contribution < 1.29 is 14.3 Å². The molecule has 2 saturated heterocycles. The average Bonchev–Trinajstić information content (AvgIpc) is 3.20. The number of anilines is 1. The number of halogens is 1. The Balaban J connectivity index is 1.60. The molecule has 3 heterocycles. The van der Waals surface area contributed by atoms with Gasteiger partial charge in [-0.15, -0.1) is 0 Å². The Morgan fingerprint density at radius 2 is 2.03 bits per heavy atom. The second-order valence-corrected chi connectivity index (χ2v) is 11.1. The van der Waals surface area contributed by atoms with E-state index in [4.69, 9.17) is 14.5 Å². The van der Waals surface area contributed by atoms with E-state index in [1.807, 2.05) is 39.0 Å². The van der Waals surface area contributed by atoms with Crippen LogP contribution in [0.1, 0.15) is 40.0 Å². The zero-order valence-corrected chi connectivity index (χ0v) is 22.4. The second kappa shape index (κ2) is 10.5. The molecule has 2 atom stereocenters. The fourth-order valence-corrected chi connectivity index (χ4v) is 4.97. The number of hydrogen-bond donors (Lipinski definition) is 0. The van der Waals surface area contributed by atoms with Gasteiger partial charge in [0.05, 0.1) is 24.0 Å². The number of carbonyl (C=O) groups is 1. The van der Waals surface area contributed by atoms with Crippen molar-refractivity contribution in [3.05, 3.63) is 22.7 Å². The lowest BCUT2D eigenvalue weighted by molar-refractivity contribution is 0.0145. The second-order valence-electron chi connectivity index (χ2n) is 10.2. The molecule has 1 aromatic heterocycles. The highest BCUT2D eigenvalue weighted by atomic mass is 79.9. The number of likely N-dealkylation sites (N-methyl/N-ethyl adjacent to an activating group) is 1. The van der Waals surface area contributed by atoms with Gasteiger partial charge in [0.1, 0.15) is 18.0 Å². The molecule has 0 aliphatic carbocycles. The third-order valence-electron chi connectivity index (χ3n) is 6.43. The number of nitriles is 1. The van der Waals surface area contributed by atoms with Gasteiger partial charge in [-0.05, 0) is 65.4 Å². The summed E-state index contributed by atoms with van der Waals surface area (Å²) in [6.07, 6.45) is 2.09.